The van der Waals surface area contributed by atoms with E-state index < -0.39 is 0 Å². The molecule has 3 heteroatoms. The van der Waals surface area contributed by atoms with Gasteiger partial charge >= 0.3 is 0 Å². The first kappa shape index (κ1) is 7.98. The molecule has 1 aliphatic rings. The molecule has 0 bridgehead atoms. The van der Waals surface area contributed by atoms with Gasteiger partial charge in [0, 0.05) is 18.6 Å². The molecule has 0 aromatic heterocycles. The van der Waals surface area contributed by atoms with Gasteiger partial charge in [-0.3, -0.25) is 0 Å². The molecular weight excluding hydrogens is 128 g/mol. The molecule has 10 heavy (non-hydrogen) atoms. The van der Waals surface area contributed by atoms with E-state index in [-0.39, 0.29) is 6.61 Å². The third-order valence-corrected chi connectivity index (χ3v) is 2.15. The third-order valence-electron chi connectivity index (χ3n) is 2.15. The van der Waals surface area contributed by atoms with Crippen molar-refractivity contribution in [2.24, 2.45) is 0 Å². The Morgan fingerprint density at radius 3 is 2.60 bits per heavy atom. The van der Waals surface area contributed by atoms with Gasteiger partial charge in [-0.25, -0.2) is 0 Å². The summed E-state index contributed by atoms with van der Waals surface area (Å²) in [6.45, 7) is 1.28. The van der Waals surface area contributed by atoms with Gasteiger partial charge in [0.05, 0.1) is 6.61 Å². The monoisotopic (exact) mass is 144 g/mol. The number of likely N-dealkylation sites (N-methyl/N-ethyl adjacent to an activating group) is 1. The molecule has 0 radical (unpaired) electrons. The quantitative estimate of drug-likeness (QED) is 0.536. The van der Waals surface area contributed by atoms with Crippen LogP contribution in [-0.2, 0) is 0 Å². The standard InChI is InChI=1S/C7H16N2O/c1-9(2)7-3-6(5-10)8-4-7/h6-8,10H,3-5H2,1-2H3/t6-,7+/m1/s1. The number of nitrogens with one attached hydrogen (secondary N) is 1. The summed E-state index contributed by atoms with van der Waals surface area (Å²) < 4.78 is 0. The Kier molecular flexibility index (Phi) is 2.65. The molecule has 0 amide bonds. The third kappa shape index (κ3) is 1.68. The van der Waals surface area contributed by atoms with Gasteiger partial charge in [0.2, 0.25) is 0 Å². The van der Waals surface area contributed by atoms with Crippen molar-refractivity contribution in [3.8, 4) is 0 Å². The predicted molar refractivity (Wildman–Crippen MR) is 41.0 cm³/mol. The maximum atomic E-state index is 8.78. The summed E-state index contributed by atoms with van der Waals surface area (Å²) in [4.78, 5) is 2.20. The Morgan fingerprint density at radius 1 is 1.60 bits per heavy atom. The van der Waals surface area contributed by atoms with Crippen LogP contribution in [0.15, 0.2) is 0 Å². The van der Waals surface area contributed by atoms with E-state index in [1.165, 1.54) is 0 Å². The summed E-state index contributed by atoms with van der Waals surface area (Å²) in [6, 6.07) is 0.935. The normalized spacial score (nSPS) is 33.6. The van der Waals surface area contributed by atoms with Crippen LogP contribution in [0.2, 0.25) is 0 Å². The highest BCUT2D eigenvalue weighted by Gasteiger charge is 2.24. The van der Waals surface area contributed by atoms with E-state index >= 15 is 0 Å². The first-order valence-electron chi connectivity index (χ1n) is 3.74. The minimum atomic E-state index is 0.268. The summed E-state index contributed by atoms with van der Waals surface area (Å²) in [5.41, 5.74) is 0. The molecule has 0 aromatic carbocycles. The van der Waals surface area contributed by atoms with Gasteiger partial charge in [0.15, 0.2) is 0 Å². The van der Waals surface area contributed by atoms with E-state index in [2.05, 4.69) is 24.3 Å². The molecule has 1 aliphatic heterocycles. The molecule has 1 saturated heterocycles. The van der Waals surface area contributed by atoms with Crippen molar-refractivity contribution in [2.75, 3.05) is 27.2 Å². The van der Waals surface area contributed by atoms with Gasteiger partial charge in [-0.05, 0) is 20.5 Å². The number of aliphatic hydroxyl groups excluding tert-OH is 1. The van der Waals surface area contributed by atoms with Crippen molar-refractivity contribution in [1.29, 1.82) is 0 Å². The van der Waals surface area contributed by atoms with Crippen LogP contribution in [0.3, 0.4) is 0 Å². The Balaban J connectivity index is 2.28. The molecule has 3 nitrogen and oxygen atoms in total. The fraction of sp³-hybridized carbons (Fsp3) is 1.00. The summed E-state index contributed by atoms with van der Waals surface area (Å²) in [5.74, 6) is 0. The molecule has 1 rings (SSSR count). The van der Waals surface area contributed by atoms with E-state index in [0.29, 0.717) is 12.1 Å². The highest BCUT2D eigenvalue weighted by Crippen LogP contribution is 2.09. The van der Waals surface area contributed by atoms with E-state index in [9.17, 15) is 0 Å². The lowest BCUT2D eigenvalue weighted by Crippen LogP contribution is -2.29. The number of aliphatic hydroxyl groups is 1. The van der Waals surface area contributed by atoms with Crippen molar-refractivity contribution in [3.05, 3.63) is 0 Å². The summed E-state index contributed by atoms with van der Waals surface area (Å²) in [5, 5.41) is 12.0. The van der Waals surface area contributed by atoms with Crippen LogP contribution >= 0.6 is 0 Å². The van der Waals surface area contributed by atoms with E-state index in [1.807, 2.05) is 0 Å². The van der Waals surface area contributed by atoms with Gasteiger partial charge in [-0.2, -0.15) is 0 Å². The van der Waals surface area contributed by atoms with Crippen molar-refractivity contribution in [2.45, 2.75) is 18.5 Å². The van der Waals surface area contributed by atoms with Crippen molar-refractivity contribution >= 4 is 0 Å². The van der Waals surface area contributed by atoms with E-state index in [1.54, 1.807) is 0 Å². The first-order chi connectivity index (χ1) is 4.74. The smallest absolute Gasteiger partial charge is 0.0585 e. The van der Waals surface area contributed by atoms with Crippen LogP contribution in [-0.4, -0.2) is 49.3 Å². The molecule has 0 unspecified atom stereocenters. The zero-order valence-corrected chi connectivity index (χ0v) is 6.67. The number of hydrogen-bond acceptors (Lipinski definition) is 3. The van der Waals surface area contributed by atoms with Crippen LogP contribution in [0.1, 0.15) is 6.42 Å². The highest BCUT2D eigenvalue weighted by atomic mass is 16.3. The Bertz CT molecular complexity index is 106. The molecular formula is C7H16N2O. The van der Waals surface area contributed by atoms with Crippen LogP contribution in [0, 0.1) is 0 Å². The van der Waals surface area contributed by atoms with Gasteiger partial charge < -0.3 is 15.3 Å². The lowest BCUT2D eigenvalue weighted by atomic mass is 10.2. The number of nitrogens with zero attached hydrogens (tertiary/aromatic N) is 1. The van der Waals surface area contributed by atoms with Gasteiger partial charge in [0.25, 0.3) is 0 Å². The fourth-order valence-corrected chi connectivity index (χ4v) is 1.33. The molecule has 0 spiro atoms. The fourth-order valence-electron chi connectivity index (χ4n) is 1.33. The Labute approximate surface area is 62.0 Å². The van der Waals surface area contributed by atoms with Crippen LogP contribution in [0.5, 0.6) is 0 Å². The number of hydrogen-bond donors (Lipinski definition) is 2. The van der Waals surface area contributed by atoms with Crippen molar-refractivity contribution < 1.29 is 5.11 Å². The molecule has 0 saturated carbocycles. The molecule has 2 N–H and O–H groups in total. The van der Waals surface area contributed by atoms with Crippen LogP contribution in [0.25, 0.3) is 0 Å². The minimum Gasteiger partial charge on any atom is -0.395 e. The van der Waals surface area contributed by atoms with Crippen LogP contribution < -0.4 is 5.32 Å². The molecule has 0 aliphatic carbocycles. The van der Waals surface area contributed by atoms with Gasteiger partial charge in [0.1, 0.15) is 0 Å². The van der Waals surface area contributed by atoms with E-state index in [0.717, 1.165) is 13.0 Å². The zero-order chi connectivity index (χ0) is 7.56. The lowest BCUT2D eigenvalue weighted by Gasteiger charge is -2.17. The summed E-state index contributed by atoms with van der Waals surface area (Å²) in [7, 11) is 4.15. The Morgan fingerprint density at radius 2 is 2.30 bits per heavy atom. The second-order valence-corrected chi connectivity index (χ2v) is 3.14. The molecule has 1 fully saturated rings. The predicted octanol–water partition coefficient (Wildman–Crippen LogP) is -0.729. The average Bonchev–Trinajstić information content (AvgIpc) is 2.34. The molecule has 1 heterocycles. The lowest BCUT2D eigenvalue weighted by molar-refractivity contribution is 0.245. The van der Waals surface area contributed by atoms with Gasteiger partial charge in [-0.15, -0.1) is 0 Å². The first-order valence-corrected chi connectivity index (χ1v) is 3.74. The maximum absolute atomic E-state index is 8.78. The van der Waals surface area contributed by atoms with Gasteiger partial charge in [-0.1, -0.05) is 0 Å². The summed E-state index contributed by atoms with van der Waals surface area (Å²) >= 11 is 0. The largest absolute Gasteiger partial charge is 0.395 e. The second kappa shape index (κ2) is 3.32. The average molecular weight is 144 g/mol. The SMILES string of the molecule is CN(C)[C@@H]1CN[C@@H](CO)C1. The maximum Gasteiger partial charge on any atom is 0.0585 e. The van der Waals surface area contributed by atoms with Crippen LogP contribution in [0.4, 0.5) is 0 Å². The Hall–Kier alpha value is -0.120. The zero-order valence-electron chi connectivity index (χ0n) is 6.67. The topological polar surface area (TPSA) is 35.5 Å². The van der Waals surface area contributed by atoms with Crippen molar-refractivity contribution in [1.82, 2.24) is 10.2 Å². The molecule has 2 atom stereocenters. The molecule has 60 valence electrons. The molecule has 0 aromatic rings. The summed E-state index contributed by atoms with van der Waals surface area (Å²) in [6.07, 6.45) is 1.07. The minimum absolute atomic E-state index is 0.268. The van der Waals surface area contributed by atoms with Crippen molar-refractivity contribution in [3.63, 3.8) is 0 Å². The van der Waals surface area contributed by atoms with E-state index in [4.69, 9.17) is 5.11 Å². The second-order valence-electron chi connectivity index (χ2n) is 3.14. The number of rotatable bonds is 2. The highest BCUT2D eigenvalue weighted by molar-refractivity contribution is 4.85.